The maximum atomic E-state index is 11.7. The molecule has 0 unspecified atom stereocenters. The first-order valence-electron chi connectivity index (χ1n) is 5.21. The smallest absolute Gasteiger partial charge is 0.255 e. The maximum absolute atomic E-state index is 11.7. The molecule has 0 atom stereocenters. The first-order chi connectivity index (χ1) is 7.77. The predicted molar refractivity (Wildman–Crippen MR) is 66.4 cm³/mol. The van der Waals surface area contributed by atoms with Gasteiger partial charge in [0, 0.05) is 18.1 Å². The zero-order valence-corrected chi connectivity index (χ0v) is 8.99. The van der Waals surface area contributed by atoms with E-state index in [-0.39, 0.29) is 5.56 Å². The van der Waals surface area contributed by atoms with Gasteiger partial charge >= 0.3 is 0 Å². The fourth-order valence-electron chi connectivity index (χ4n) is 1.96. The van der Waals surface area contributed by atoms with E-state index >= 15 is 0 Å². The molecule has 3 N–H and O–H groups in total. The highest BCUT2D eigenvalue weighted by atomic mass is 16.1. The lowest BCUT2D eigenvalue weighted by atomic mass is 9.99. The molecule has 2 rings (SSSR count). The molecular formula is C13H14N2O. The van der Waals surface area contributed by atoms with Crippen molar-refractivity contribution in [3.8, 4) is 0 Å². The van der Waals surface area contributed by atoms with Crippen molar-refractivity contribution >= 4 is 10.8 Å². The molecule has 2 aromatic rings. The summed E-state index contributed by atoms with van der Waals surface area (Å²) in [4.78, 5) is 14.4. The zero-order chi connectivity index (χ0) is 11.5. The number of aromatic nitrogens is 1. The summed E-state index contributed by atoms with van der Waals surface area (Å²) >= 11 is 0. The number of nitrogens with one attached hydrogen (secondary N) is 1. The fraction of sp³-hybridized carbons (Fsp3) is 0.154. The number of fused-ring (bicyclic) bond motifs is 1. The van der Waals surface area contributed by atoms with Crippen LogP contribution in [0.4, 0.5) is 0 Å². The number of rotatable bonds is 3. The highest BCUT2D eigenvalue weighted by Gasteiger charge is 2.07. The molecule has 1 aromatic heterocycles. The second kappa shape index (κ2) is 4.33. The van der Waals surface area contributed by atoms with Crippen molar-refractivity contribution in [3.63, 3.8) is 0 Å². The minimum absolute atomic E-state index is 0.0712. The topological polar surface area (TPSA) is 58.9 Å². The van der Waals surface area contributed by atoms with Crippen molar-refractivity contribution in [2.45, 2.75) is 13.0 Å². The van der Waals surface area contributed by atoms with Gasteiger partial charge in [-0.15, -0.1) is 6.58 Å². The molecule has 0 aliphatic rings. The molecule has 0 saturated heterocycles. The van der Waals surface area contributed by atoms with Crippen LogP contribution in [0.3, 0.4) is 0 Å². The Kier molecular flexibility index (Phi) is 2.88. The van der Waals surface area contributed by atoms with Crippen LogP contribution < -0.4 is 11.3 Å². The molecule has 0 saturated carbocycles. The zero-order valence-electron chi connectivity index (χ0n) is 8.99. The molecule has 0 bridgehead atoms. The van der Waals surface area contributed by atoms with E-state index in [0.717, 1.165) is 22.9 Å². The molecule has 16 heavy (non-hydrogen) atoms. The van der Waals surface area contributed by atoms with E-state index in [1.165, 1.54) is 0 Å². The molecule has 0 amide bonds. The Balaban J connectivity index is 2.87. The number of pyridine rings is 1. The lowest BCUT2D eigenvalue weighted by Gasteiger charge is -2.08. The van der Waals surface area contributed by atoms with Crippen molar-refractivity contribution in [2.24, 2.45) is 5.73 Å². The summed E-state index contributed by atoms with van der Waals surface area (Å²) in [5, 5.41) is 1.66. The average Bonchev–Trinajstić information content (AvgIpc) is 2.31. The standard InChI is InChI=1S/C13H14N2O/c1-2-4-9-5-3-6-11-12(9)10(7-14)8-15-13(11)16/h2-3,5-6,8H,1,4,7,14H2,(H,15,16). The number of aromatic amines is 1. The summed E-state index contributed by atoms with van der Waals surface area (Å²) < 4.78 is 0. The van der Waals surface area contributed by atoms with Gasteiger partial charge in [0.05, 0.1) is 0 Å². The van der Waals surface area contributed by atoms with Crippen LogP contribution in [0, 0.1) is 0 Å². The van der Waals surface area contributed by atoms with E-state index in [1.54, 1.807) is 6.20 Å². The lowest BCUT2D eigenvalue weighted by molar-refractivity contribution is 1.05. The normalized spacial score (nSPS) is 10.6. The summed E-state index contributed by atoms with van der Waals surface area (Å²) in [6.07, 6.45) is 4.27. The Morgan fingerprint density at radius 2 is 2.19 bits per heavy atom. The van der Waals surface area contributed by atoms with Crippen LogP contribution in [0.25, 0.3) is 10.8 Å². The van der Waals surface area contributed by atoms with Gasteiger partial charge in [0.2, 0.25) is 0 Å². The van der Waals surface area contributed by atoms with Crippen LogP contribution in [-0.2, 0) is 13.0 Å². The van der Waals surface area contributed by atoms with E-state index in [4.69, 9.17) is 5.73 Å². The summed E-state index contributed by atoms with van der Waals surface area (Å²) in [5.74, 6) is 0. The van der Waals surface area contributed by atoms with Gasteiger partial charge in [-0.1, -0.05) is 18.2 Å². The molecule has 82 valence electrons. The van der Waals surface area contributed by atoms with Crippen molar-refractivity contribution in [1.29, 1.82) is 0 Å². The molecule has 1 aromatic carbocycles. The van der Waals surface area contributed by atoms with Crippen LogP contribution in [-0.4, -0.2) is 4.98 Å². The molecule has 3 heteroatoms. The fourth-order valence-corrected chi connectivity index (χ4v) is 1.96. The monoisotopic (exact) mass is 214 g/mol. The molecule has 0 spiro atoms. The van der Waals surface area contributed by atoms with E-state index in [9.17, 15) is 4.79 Å². The first-order valence-corrected chi connectivity index (χ1v) is 5.21. The van der Waals surface area contributed by atoms with Crippen molar-refractivity contribution < 1.29 is 0 Å². The van der Waals surface area contributed by atoms with E-state index in [0.29, 0.717) is 11.9 Å². The van der Waals surface area contributed by atoms with Gasteiger partial charge in [-0.3, -0.25) is 4.79 Å². The van der Waals surface area contributed by atoms with Gasteiger partial charge in [-0.25, -0.2) is 0 Å². The number of H-pyrrole nitrogens is 1. The van der Waals surface area contributed by atoms with E-state index in [1.807, 2.05) is 24.3 Å². The second-order valence-electron chi connectivity index (χ2n) is 3.68. The lowest BCUT2D eigenvalue weighted by Crippen LogP contribution is -2.10. The van der Waals surface area contributed by atoms with E-state index < -0.39 is 0 Å². The summed E-state index contributed by atoms with van der Waals surface area (Å²) in [6, 6.07) is 5.71. The largest absolute Gasteiger partial charge is 0.328 e. The summed E-state index contributed by atoms with van der Waals surface area (Å²) in [5.41, 5.74) is 7.67. The SMILES string of the molecule is C=CCc1cccc2c(=O)[nH]cc(CN)c12. The van der Waals surface area contributed by atoms with Crippen molar-refractivity contribution in [1.82, 2.24) is 4.98 Å². The van der Waals surface area contributed by atoms with Crippen LogP contribution in [0.1, 0.15) is 11.1 Å². The van der Waals surface area contributed by atoms with Crippen LogP contribution in [0.2, 0.25) is 0 Å². The number of hydrogen-bond donors (Lipinski definition) is 2. The second-order valence-corrected chi connectivity index (χ2v) is 3.68. The number of allylic oxidation sites excluding steroid dienone is 1. The third-order valence-corrected chi connectivity index (χ3v) is 2.68. The number of hydrogen-bond acceptors (Lipinski definition) is 2. The Labute approximate surface area is 93.6 Å². The van der Waals surface area contributed by atoms with Gasteiger partial charge in [0.25, 0.3) is 5.56 Å². The van der Waals surface area contributed by atoms with Gasteiger partial charge < -0.3 is 10.7 Å². The molecule has 1 heterocycles. The van der Waals surface area contributed by atoms with Crippen LogP contribution in [0.15, 0.2) is 41.8 Å². The van der Waals surface area contributed by atoms with Gasteiger partial charge in [0.15, 0.2) is 0 Å². The Morgan fingerprint density at radius 3 is 2.88 bits per heavy atom. The van der Waals surface area contributed by atoms with Crippen LogP contribution >= 0.6 is 0 Å². The predicted octanol–water partition coefficient (Wildman–Crippen LogP) is 1.72. The Bertz CT molecular complexity index is 584. The van der Waals surface area contributed by atoms with Gasteiger partial charge in [-0.05, 0) is 29.0 Å². The van der Waals surface area contributed by atoms with E-state index in [2.05, 4.69) is 11.6 Å². The Morgan fingerprint density at radius 1 is 1.38 bits per heavy atom. The first kappa shape index (κ1) is 10.6. The minimum Gasteiger partial charge on any atom is -0.328 e. The molecule has 0 fully saturated rings. The van der Waals surface area contributed by atoms with Crippen molar-refractivity contribution in [2.75, 3.05) is 0 Å². The minimum atomic E-state index is -0.0712. The highest BCUT2D eigenvalue weighted by Crippen LogP contribution is 2.20. The highest BCUT2D eigenvalue weighted by molar-refractivity contribution is 5.88. The van der Waals surface area contributed by atoms with Crippen molar-refractivity contribution in [3.05, 3.63) is 58.5 Å². The molecule has 3 nitrogen and oxygen atoms in total. The summed E-state index contributed by atoms with van der Waals surface area (Å²) in [7, 11) is 0. The van der Waals surface area contributed by atoms with Crippen LogP contribution in [0.5, 0.6) is 0 Å². The summed E-state index contributed by atoms with van der Waals surface area (Å²) in [6.45, 7) is 4.14. The molecular weight excluding hydrogens is 200 g/mol. The molecule has 0 radical (unpaired) electrons. The molecule has 0 aliphatic heterocycles. The molecule has 0 aliphatic carbocycles. The third kappa shape index (κ3) is 1.66. The van der Waals surface area contributed by atoms with Gasteiger partial charge in [-0.2, -0.15) is 0 Å². The van der Waals surface area contributed by atoms with Gasteiger partial charge in [0.1, 0.15) is 0 Å². The number of benzene rings is 1. The maximum Gasteiger partial charge on any atom is 0.255 e. The third-order valence-electron chi connectivity index (χ3n) is 2.68. The average molecular weight is 214 g/mol. The Hall–Kier alpha value is -1.87. The quantitative estimate of drug-likeness (QED) is 0.764. The number of nitrogens with two attached hydrogens (primary N) is 1.